The van der Waals surface area contributed by atoms with Crippen molar-refractivity contribution < 1.29 is 19.6 Å². The van der Waals surface area contributed by atoms with Gasteiger partial charge in [-0.05, 0) is 11.1 Å². The van der Waals surface area contributed by atoms with Crippen LogP contribution in [0.5, 0.6) is 0 Å². The minimum Gasteiger partial charge on any atom is -0.481 e. The Morgan fingerprint density at radius 1 is 1.44 bits per heavy atom. The van der Waals surface area contributed by atoms with E-state index in [1.54, 1.807) is 0 Å². The maximum Gasteiger partial charge on any atom is 0.462 e. The number of hydrogen-bond acceptors (Lipinski definition) is 3. The third-order valence-electron chi connectivity index (χ3n) is 2.92. The van der Waals surface area contributed by atoms with Gasteiger partial charge in [0.1, 0.15) is 0 Å². The highest BCUT2D eigenvalue weighted by Gasteiger charge is 2.36. The van der Waals surface area contributed by atoms with E-state index in [0.717, 1.165) is 11.1 Å². The molecule has 1 aliphatic heterocycles. The van der Waals surface area contributed by atoms with E-state index in [0.29, 0.717) is 0 Å². The largest absolute Gasteiger partial charge is 0.481 e. The van der Waals surface area contributed by atoms with Crippen molar-refractivity contribution in [3.63, 3.8) is 0 Å². The normalized spacial score (nSPS) is 24.0. The molecule has 0 amide bonds. The van der Waals surface area contributed by atoms with Gasteiger partial charge in [0.25, 0.3) is 0 Å². The van der Waals surface area contributed by atoms with Crippen molar-refractivity contribution in [3.05, 3.63) is 35.4 Å². The summed E-state index contributed by atoms with van der Waals surface area (Å²) in [6, 6.07) is 7.48. The highest BCUT2D eigenvalue weighted by molar-refractivity contribution is 6.45. The molecule has 2 N–H and O–H groups in total. The van der Waals surface area contributed by atoms with Crippen LogP contribution in [-0.4, -0.2) is 23.2 Å². The third kappa shape index (κ3) is 1.96. The van der Waals surface area contributed by atoms with Crippen molar-refractivity contribution in [2.75, 3.05) is 0 Å². The summed E-state index contributed by atoms with van der Waals surface area (Å²) in [5, 5.41) is 18.5. The second-order valence-corrected chi connectivity index (χ2v) is 4.03. The topological polar surface area (TPSA) is 66.8 Å². The van der Waals surface area contributed by atoms with Gasteiger partial charge in [-0.3, -0.25) is 4.79 Å². The standard InChI is InChI=1S/C11H13BO4/c1-7-8-4-2-3-5-9(8)10(6-11(13)14)16-12(7)15/h2-5,7,10,15H,6H2,1H3,(H,13,14)/t7-,10+/m0/s1. The van der Waals surface area contributed by atoms with E-state index in [-0.39, 0.29) is 12.2 Å². The number of hydrogen-bond donors (Lipinski definition) is 2. The van der Waals surface area contributed by atoms with Crippen molar-refractivity contribution in [2.45, 2.75) is 25.3 Å². The molecule has 0 aromatic heterocycles. The summed E-state index contributed by atoms with van der Waals surface area (Å²) in [4.78, 5) is 10.7. The number of aliphatic carboxylic acids is 1. The predicted octanol–water partition coefficient (Wildman–Crippen LogP) is 1.36. The first-order valence-electron chi connectivity index (χ1n) is 5.23. The molecule has 1 aliphatic rings. The van der Waals surface area contributed by atoms with E-state index < -0.39 is 19.2 Å². The molecule has 84 valence electrons. The van der Waals surface area contributed by atoms with Crippen LogP contribution in [0.1, 0.15) is 36.4 Å². The van der Waals surface area contributed by atoms with E-state index in [1.165, 1.54) is 0 Å². The molecule has 0 saturated carbocycles. The molecule has 16 heavy (non-hydrogen) atoms. The third-order valence-corrected chi connectivity index (χ3v) is 2.92. The molecule has 4 nitrogen and oxygen atoms in total. The van der Waals surface area contributed by atoms with Crippen LogP contribution in [0.3, 0.4) is 0 Å². The van der Waals surface area contributed by atoms with E-state index in [1.807, 2.05) is 31.2 Å². The molecule has 0 saturated heterocycles. The van der Waals surface area contributed by atoms with Gasteiger partial charge >= 0.3 is 13.1 Å². The maximum atomic E-state index is 10.7. The molecule has 0 unspecified atom stereocenters. The molecule has 0 bridgehead atoms. The number of carboxylic acid groups (broad SMARTS) is 1. The van der Waals surface area contributed by atoms with Crippen LogP contribution < -0.4 is 0 Å². The summed E-state index contributed by atoms with van der Waals surface area (Å²) in [6.45, 7) is 1.86. The fourth-order valence-corrected chi connectivity index (χ4v) is 2.05. The lowest BCUT2D eigenvalue weighted by molar-refractivity contribution is -0.139. The highest BCUT2D eigenvalue weighted by Crippen LogP contribution is 2.36. The van der Waals surface area contributed by atoms with Crippen molar-refractivity contribution in [3.8, 4) is 0 Å². The SMILES string of the molecule is C[C@@H]1B(O)O[C@H](CC(=O)O)c2ccccc21. The molecule has 0 radical (unpaired) electrons. The van der Waals surface area contributed by atoms with Crippen molar-refractivity contribution in [2.24, 2.45) is 0 Å². The van der Waals surface area contributed by atoms with Crippen LogP contribution in [-0.2, 0) is 9.45 Å². The molecule has 0 fully saturated rings. The number of rotatable bonds is 2. The lowest BCUT2D eigenvalue weighted by atomic mass is 9.65. The van der Waals surface area contributed by atoms with Gasteiger partial charge < -0.3 is 14.8 Å². The molecule has 1 heterocycles. The summed E-state index contributed by atoms with van der Waals surface area (Å²) in [5.74, 6) is -1.05. The molecule has 1 aromatic rings. The summed E-state index contributed by atoms with van der Waals surface area (Å²) < 4.78 is 5.31. The van der Waals surface area contributed by atoms with Crippen molar-refractivity contribution >= 4 is 13.1 Å². The first-order valence-corrected chi connectivity index (χ1v) is 5.23. The van der Waals surface area contributed by atoms with Gasteiger partial charge in [0.05, 0.1) is 12.5 Å². The zero-order chi connectivity index (χ0) is 11.7. The van der Waals surface area contributed by atoms with Crippen molar-refractivity contribution in [1.29, 1.82) is 0 Å². The minimum atomic E-state index is -0.931. The smallest absolute Gasteiger partial charge is 0.462 e. The molecule has 0 spiro atoms. The number of fused-ring (bicyclic) bond motifs is 1. The Morgan fingerprint density at radius 2 is 2.06 bits per heavy atom. The van der Waals surface area contributed by atoms with E-state index in [4.69, 9.17) is 9.76 Å². The van der Waals surface area contributed by atoms with Crippen LogP contribution in [0.25, 0.3) is 0 Å². The number of carbonyl (C=O) groups is 1. The van der Waals surface area contributed by atoms with Gasteiger partial charge in [0, 0.05) is 5.82 Å². The Hall–Kier alpha value is -1.33. The summed E-state index contributed by atoms with van der Waals surface area (Å²) >= 11 is 0. The van der Waals surface area contributed by atoms with Crippen LogP contribution >= 0.6 is 0 Å². The van der Waals surface area contributed by atoms with E-state index >= 15 is 0 Å². The zero-order valence-corrected chi connectivity index (χ0v) is 8.96. The van der Waals surface area contributed by atoms with Crippen LogP contribution in [0, 0.1) is 0 Å². The second-order valence-electron chi connectivity index (χ2n) is 4.03. The summed E-state index contributed by atoms with van der Waals surface area (Å²) in [7, 11) is -0.931. The van der Waals surface area contributed by atoms with Crippen LogP contribution in [0.4, 0.5) is 0 Å². The Balaban J connectivity index is 2.36. The maximum absolute atomic E-state index is 10.7. The average Bonchev–Trinajstić information content (AvgIpc) is 2.25. The fraction of sp³-hybridized carbons (Fsp3) is 0.364. The lowest BCUT2D eigenvalue weighted by Gasteiger charge is -2.31. The van der Waals surface area contributed by atoms with E-state index in [9.17, 15) is 9.82 Å². The Bertz CT molecular complexity index is 407. The molecule has 2 atom stereocenters. The van der Waals surface area contributed by atoms with Gasteiger partial charge in [0.2, 0.25) is 0 Å². The second kappa shape index (κ2) is 4.27. The molecule has 1 aromatic carbocycles. The fourth-order valence-electron chi connectivity index (χ4n) is 2.05. The zero-order valence-electron chi connectivity index (χ0n) is 8.96. The predicted molar refractivity (Wildman–Crippen MR) is 58.9 cm³/mol. The Kier molecular flexibility index (Phi) is 2.98. The Labute approximate surface area is 94.0 Å². The van der Waals surface area contributed by atoms with Gasteiger partial charge in [0.15, 0.2) is 0 Å². The van der Waals surface area contributed by atoms with Gasteiger partial charge in [-0.15, -0.1) is 0 Å². The number of carboxylic acids is 1. The Morgan fingerprint density at radius 3 is 2.69 bits per heavy atom. The molecule has 5 heteroatoms. The van der Waals surface area contributed by atoms with Crippen LogP contribution in [0.15, 0.2) is 24.3 Å². The quantitative estimate of drug-likeness (QED) is 0.738. The lowest BCUT2D eigenvalue weighted by Crippen LogP contribution is -2.34. The minimum absolute atomic E-state index is 0.124. The van der Waals surface area contributed by atoms with Crippen molar-refractivity contribution in [1.82, 2.24) is 0 Å². The summed E-state index contributed by atoms with van der Waals surface area (Å²) in [6.07, 6.45) is -0.680. The average molecular weight is 220 g/mol. The van der Waals surface area contributed by atoms with Crippen LogP contribution in [0.2, 0.25) is 0 Å². The number of benzene rings is 1. The van der Waals surface area contributed by atoms with Gasteiger partial charge in [-0.1, -0.05) is 31.2 Å². The van der Waals surface area contributed by atoms with Gasteiger partial charge in [-0.2, -0.15) is 0 Å². The molecule has 2 rings (SSSR count). The van der Waals surface area contributed by atoms with Gasteiger partial charge in [-0.25, -0.2) is 0 Å². The monoisotopic (exact) mass is 220 g/mol. The summed E-state index contributed by atoms with van der Waals surface area (Å²) in [5.41, 5.74) is 1.83. The first kappa shape index (κ1) is 11.2. The first-order chi connectivity index (χ1) is 7.59. The highest BCUT2D eigenvalue weighted by atomic mass is 16.5. The molecular formula is C11H13BO4. The molecular weight excluding hydrogens is 207 g/mol. The van der Waals surface area contributed by atoms with E-state index in [2.05, 4.69) is 0 Å². The molecule has 0 aliphatic carbocycles.